The average Bonchev–Trinajstić information content (AvgIpc) is 2.36. The lowest BCUT2D eigenvalue weighted by atomic mass is 10.1. The summed E-state index contributed by atoms with van der Waals surface area (Å²) < 4.78 is 5.24. The fourth-order valence-corrected chi connectivity index (χ4v) is 1.82. The fourth-order valence-electron chi connectivity index (χ4n) is 1.82. The highest BCUT2D eigenvalue weighted by Gasteiger charge is 2.14. The lowest BCUT2D eigenvalue weighted by Crippen LogP contribution is -2.23. The van der Waals surface area contributed by atoms with Crippen molar-refractivity contribution in [1.29, 1.82) is 0 Å². The number of hydrogen-bond acceptors (Lipinski definition) is 3. The third-order valence-electron chi connectivity index (χ3n) is 2.70. The number of aryl methyl sites for hydroxylation is 1. The van der Waals surface area contributed by atoms with Crippen LogP contribution in [0.25, 0.3) is 0 Å². The van der Waals surface area contributed by atoms with Gasteiger partial charge in [-0.3, -0.25) is 4.79 Å². The summed E-state index contributed by atoms with van der Waals surface area (Å²) in [5.41, 5.74) is 1.12. The van der Waals surface area contributed by atoms with Crippen LogP contribution in [0.3, 0.4) is 0 Å². The van der Waals surface area contributed by atoms with E-state index in [1.807, 2.05) is 44.2 Å². The number of hydrogen-bond donors (Lipinski definition) is 1. The standard InChI is InChI=1S/C15H22O3/c1-12(2)10-14(11-16)18-15(17)9-8-13-6-4-3-5-7-13/h3-7,12,14,16H,8-11H2,1-2H3/t14-/m0/s1. The molecule has 1 rings (SSSR count). The molecule has 0 aliphatic carbocycles. The van der Waals surface area contributed by atoms with E-state index >= 15 is 0 Å². The number of rotatable bonds is 7. The quantitative estimate of drug-likeness (QED) is 0.756. The second-order valence-corrected chi connectivity index (χ2v) is 4.91. The molecule has 100 valence electrons. The van der Waals surface area contributed by atoms with E-state index in [9.17, 15) is 4.79 Å². The highest BCUT2D eigenvalue weighted by Crippen LogP contribution is 2.10. The summed E-state index contributed by atoms with van der Waals surface area (Å²) in [7, 11) is 0. The minimum absolute atomic E-state index is 0.102. The van der Waals surface area contributed by atoms with Crippen LogP contribution in [0.15, 0.2) is 30.3 Å². The Labute approximate surface area is 109 Å². The first-order valence-corrected chi connectivity index (χ1v) is 6.46. The second kappa shape index (κ2) is 7.88. The zero-order valence-corrected chi connectivity index (χ0v) is 11.1. The maximum atomic E-state index is 11.6. The number of benzene rings is 1. The first-order valence-electron chi connectivity index (χ1n) is 6.46. The molecule has 0 saturated heterocycles. The van der Waals surface area contributed by atoms with Crippen LogP contribution in [0.5, 0.6) is 0 Å². The van der Waals surface area contributed by atoms with Gasteiger partial charge >= 0.3 is 5.97 Å². The molecule has 0 heterocycles. The van der Waals surface area contributed by atoms with Crippen LogP contribution in [0.2, 0.25) is 0 Å². The maximum absolute atomic E-state index is 11.6. The van der Waals surface area contributed by atoms with E-state index in [2.05, 4.69) is 0 Å². The van der Waals surface area contributed by atoms with E-state index in [1.165, 1.54) is 0 Å². The number of carbonyl (C=O) groups excluding carboxylic acids is 1. The maximum Gasteiger partial charge on any atom is 0.306 e. The molecule has 0 aliphatic rings. The Morgan fingerprint density at radius 1 is 1.28 bits per heavy atom. The molecule has 0 bridgehead atoms. The van der Waals surface area contributed by atoms with Gasteiger partial charge in [-0.05, 0) is 24.3 Å². The molecule has 0 spiro atoms. The van der Waals surface area contributed by atoms with Crippen molar-refractivity contribution in [3.8, 4) is 0 Å². The predicted octanol–water partition coefficient (Wildman–Crippen LogP) is 2.57. The van der Waals surface area contributed by atoms with Crippen molar-refractivity contribution in [3.63, 3.8) is 0 Å². The van der Waals surface area contributed by atoms with Gasteiger partial charge in [0.05, 0.1) is 6.61 Å². The molecule has 1 N–H and O–H groups in total. The summed E-state index contributed by atoms with van der Waals surface area (Å²) in [5.74, 6) is 0.169. The Morgan fingerprint density at radius 2 is 1.94 bits per heavy atom. The third-order valence-corrected chi connectivity index (χ3v) is 2.70. The van der Waals surface area contributed by atoms with Crippen LogP contribution in [0.4, 0.5) is 0 Å². The highest BCUT2D eigenvalue weighted by atomic mass is 16.5. The normalized spacial score (nSPS) is 12.4. The molecule has 0 unspecified atom stereocenters. The average molecular weight is 250 g/mol. The van der Waals surface area contributed by atoms with Crippen molar-refractivity contribution < 1.29 is 14.6 Å². The molecular weight excluding hydrogens is 228 g/mol. The Morgan fingerprint density at radius 3 is 2.50 bits per heavy atom. The molecule has 0 aromatic heterocycles. The van der Waals surface area contributed by atoms with Crippen LogP contribution in [0.1, 0.15) is 32.3 Å². The van der Waals surface area contributed by atoms with Gasteiger partial charge < -0.3 is 9.84 Å². The molecule has 1 aromatic carbocycles. The van der Waals surface area contributed by atoms with Crippen LogP contribution < -0.4 is 0 Å². The molecule has 0 radical (unpaired) electrons. The summed E-state index contributed by atoms with van der Waals surface area (Å²) in [6, 6.07) is 9.84. The first kappa shape index (κ1) is 14.7. The van der Waals surface area contributed by atoms with E-state index in [0.717, 1.165) is 5.56 Å². The molecule has 1 aromatic rings. The van der Waals surface area contributed by atoms with Crippen molar-refractivity contribution in [2.24, 2.45) is 5.92 Å². The van der Waals surface area contributed by atoms with E-state index in [1.54, 1.807) is 0 Å². The number of ether oxygens (including phenoxy) is 1. The second-order valence-electron chi connectivity index (χ2n) is 4.91. The molecule has 18 heavy (non-hydrogen) atoms. The number of aliphatic hydroxyl groups excluding tert-OH is 1. The topological polar surface area (TPSA) is 46.5 Å². The van der Waals surface area contributed by atoms with Gasteiger partial charge in [0.25, 0.3) is 0 Å². The summed E-state index contributed by atoms with van der Waals surface area (Å²) in [4.78, 5) is 11.6. The number of esters is 1. The molecular formula is C15H22O3. The summed E-state index contributed by atoms with van der Waals surface area (Å²) in [6.45, 7) is 3.98. The fraction of sp³-hybridized carbons (Fsp3) is 0.533. The summed E-state index contributed by atoms with van der Waals surface area (Å²) >= 11 is 0. The van der Waals surface area contributed by atoms with E-state index in [4.69, 9.17) is 9.84 Å². The van der Waals surface area contributed by atoms with Crippen LogP contribution >= 0.6 is 0 Å². The molecule has 1 atom stereocenters. The van der Waals surface area contributed by atoms with Crippen LogP contribution in [0, 0.1) is 5.92 Å². The zero-order valence-electron chi connectivity index (χ0n) is 11.1. The van der Waals surface area contributed by atoms with Gasteiger partial charge in [-0.15, -0.1) is 0 Å². The molecule has 0 saturated carbocycles. The van der Waals surface area contributed by atoms with Gasteiger partial charge in [0.1, 0.15) is 6.10 Å². The third kappa shape index (κ3) is 5.82. The minimum Gasteiger partial charge on any atom is -0.460 e. The highest BCUT2D eigenvalue weighted by molar-refractivity contribution is 5.69. The Balaban J connectivity index is 2.32. The van der Waals surface area contributed by atoms with Crippen molar-refractivity contribution in [2.75, 3.05) is 6.61 Å². The van der Waals surface area contributed by atoms with Gasteiger partial charge in [-0.25, -0.2) is 0 Å². The van der Waals surface area contributed by atoms with Gasteiger partial charge in [0.2, 0.25) is 0 Å². The minimum atomic E-state index is -0.367. The lowest BCUT2D eigenvalue weighted by molar-refractivity contribution is -0.151. The predicted molar refractivity (Wildman–Crippen MR) is 71.2 cm³/mol. The SMILES string of the molecule is CC(C)C[C@@H](CO)OC(=O)CCc1ccccc1. The van der Waals surface area contributed by atoms with E-state index in [0.29, 0.717) is 25.2 Å². The van der Waals surface area contributed by atoms with Gasteiger partial charge in [0.15, 0.2) is 0 Å². The number of aliphatic hydroxyl groups is 1. The number of carbonyl (C=O) groups is 1. The smallest absolute Gasteiger partial charge is 0.306 e. The van der Waals surface area contributed by atoms with Gasteiger partial charge in [-0.1, -0.05) is 44.2 Å². The van der Waals surface area contributed by atoms with Crippen molar-refractivity contribution >= 4 is 5.97 Å². The zero-order chi connectivity index (χ0) is 13.4. The van der Waals surface area contributed by atoms with E-state index in [-0.39, 0.29) is 18.7 Å². The molecule has 3 nitrogen and oxygen atoms in total. The molecule has 0 aliphatic heterocycles. The summed E-state index contributed by atoms with van der Waals surface area (Å²) in [6.07, 6.45) is 1.37. The Hall–Kier alpha value is -1.35. The Kier molecular flexibility index (Phi) is 6.44. The van der Waals surface area contributed by atoms with E-state index < -0.39 is 0 Å². The van der Waals surface area contributed by atoms with Crippen molar-refractivity contribution in [3.05, 3.63) is 35.9 Å². The van der Waals surface area contributed by atoms with Gasteiger partial charge in [0, 0.05) is 6.42 Å². The van der Waals surface area contributed by atoms with Gasteiger partial charge in [-0.2, -0.15) is 0 Å². The molecule has 0 fully saturated rings. The molecule has 0 amide bonds. The first-order chi connectivity index (χ1) is 8.61. The van der Waals surface area contributed by atoms with Crippen molar-refractivity contribution in [1.82, 2.24) is 0 Å². The lowest BCUT2D eigenvalue weighted by Gasteiger charge is -2.17. The largest absolute Gasteiger partial charge is 0.460 e. The van der Waals surface area contributed by atoms with Crippen LogP contribution in [-0.2, 0) is 16.0 Å². The Bertz CT molecular complexity index is 346. The monoisotopic (exact) mass is 250 g/mol. The van der Waals surface area contributed by atoms with Crippen LogP contribution in [-0.4, -0.2) is 23.8 Å². The molecule has 3 heteroatoms. The van der Waals surface area contributed by atoms with Crippen molar-refractivity contribution in [2.45, 2.75) is 39.2 Å². The summed E-state index contributed by atoms with van der Waals surface area (Å²) in [5, 5.41) is 9.13.